The summed E-state index contributed by atoms with van der Waals surface area (Å²) in [5, 5.41) is 14.3. The van der Waals surface area contributed by atoms with Crippen molar-refractivity contribution in [2.24, 2.45) is 0 Å². The standard InChI is InChI=1S/C27H25FN2O3/c1-2-6-21(15-27(31)32)20-9-11-24(12-10-20)33-18-23-14-26-22(13-25(23)28)16-29-30(26)17-19-7-4-3-5-8-19/h2-14,16,21H,15,17-18H2,1H3,(H,31,32)/t21-/m1/s1. The highest BCUT2D eigenvalue weighted by atomic mass is 19.1. The fourth-order valence-electron chi connectivity index (χ4n) is 3.82. The van der Waals surface area contributed by atoms with Crippen LogP contribution in [-0.2, 0) is 17.9 Å². The van der Waals surface area contributed by atoms with Crippen molar-refractivity contribution in [3.05, 3.63) is 108 Å². The Morgan fingerprint density at radius 2 is 1.91 bits per heavy atom. The molecule has 168 valence electrons. The minimum Gasteiger partial charge on any atom is -0.489 e. The molecule has 0 aliphatic carbocycles. The van der Waals surface area contributed by atoms with Crippen LogP contribution in [0.2, 0.25) is 0 Å². The molecule has 0 saturated carbocycles. The molecule has 33 heavy (non-hydrogen) atoms. The molecule has 0 unspecified atom stereocenters. The molecule has 0 aliphatic rings. The van der Waals surface area contributed by atoms with Crippen LogP contribution in [0.1, 0.15) is 36.0 Å². The lowest BCUT2D eigenvalue weighted by molar-refractivity contribution is -0.137. The highest BCUT2D eigenvalue weighted by molar-refractivity contribution is 5.79. The predicted molar refractivity (Wildman–Crippen MR) is 126 cm³/mol. The van der Waals surface area contributed by atoms with Gasteiger partial charge in [-0.15, -0.1) is 0 Å². The number of carboxylic acids is 1. The second kappa shape index (κ2) is 10.1. The highest BCUT2D eigenvalue weighted by Gasteiger charge is 2.13. The molecule has 0 radical (unpaired) electrons. The Hall–Kier alpha value is -3.93. The van der Waals surface area contributed by atoms with Crippen molar-refractivity contribution in [1.82, 2.24) is 9.78 Å². The van der Waals surface area contributed by atoms with Crippen LogP contribution < -0.4 is 4.74 Å². The van der Waals surface area contributed by atoms with E-state index in [9.17, 15) is 9.18 Å². The van der Waals surface area contributed by atoms with Crippen molar-refractivity contribution >= 4 is 16.9 Å². The molecule has 4 aromatic rings. The molecule has 0 saturated heterocycles. The van der Waals surface area contributed by atoms with Crippen molar-refractivity contribution < 1.29 is 19.0 Å². The van der Waals surface area contributed by atoms with Gasteiger partial charge in [0.25, 0.3) is 0 Å². The lowest BCUT2D eigenvalue weighted by atomic mass is 9.95. The van der Waals surface area contributed by atoms with Crippen LogP contribution in [0.5, 0.6) is 5.75 Å². The van der Waals surface area contributed by atoms with E-state index < -0.39 is 5.97 Å². The topological polar surface area (TPSA) is 64.3 Å². The van der Waals surface area contributed by atoms with Crippen LogP contribution in [0.15, 0.2) is 85.1 Å². The van der Waals surface area contributed by atoms with Gasteiger partial charge in [0, 0.05) is 16.9 Å². The first-order valence-corrected chi connectivity index (χ1v) is 10.8. The van der Waals surface area contributed by atoms with Gasteiger partial charge < -0.3 is 9.84 Å². The molecule has 0 fully saturated rings. The number of allylic oxidation sites excluding steroid dienone is 2. The maximum Gasteiger partial charge on any atom is 0.304 e. The highest BCUT2D eigenvalue weighted by Crippen LogP contribution is 2.25. The smallest absolute Gasteiger partial charge is 0.304 e. The number of carbonyl (C=O) groups is 1. The summed E-state index contributed by atoms with van der Waals surface area (Å²) in [4.78, 5) is 11.1. The number of nitrogens with zero attached hydrogens (tertiary/aromatic N) is 2. The Morgan fingerprint density at radius 3 is 2.61 bits per heavy atom. The SMILES string of the molecule is CC=C[C@H](CC(=O)O)c1ccc(OCc2cc3c(cnn3Cc3ccccc3)cc2F)cc1. The molecule has 4 rings (SSSR count). The number of carboxylic acid groups (broad SMARTS) is 1. The number of hydrogen-bond acceptors (Lipinski definition) is 3. The maximum atomic E-state index is 14.7. The van der Waals surface area contributed by atoms with Crippen LogP contribution in [0.3, 0.4) is 0 Å². The third-order valence-electron chi connectivity index (χ3n) is 5.51. The van der Waals surface area contributed by atoms with E-state index in [0.717, 1.165) is 22.0 Å². The van der Waals surface area contributed by atoms with Crippen molar-refractivity contribution in [3.63, 3.8) is 0 Å². The van der Waals surface area contributed by atoms with Crippen LogP contribution >= 0.6 is 0 Å². The molecular weight excluding hydrogens is 419 g/mol. The Kier molecular flexibility index (Phi) is 6.83. The summed E-state index contributed by atoms with van der Waals surface area (Å²) in [5.41, 5.74) is 3.29. The van der Waals surface area contributed by atoms with Crippen molar-refractivity contribution in [1.29, 1.82) is 0 Å². The first-order chi connectivity index (χ1) is 16.0. The summed E-state index contributed by atoms with van der Waals surface area (Å²) in [7, 11) is 0. The molecule has 1 atom stereocenters. The van der Waals surface area contributed by atoms with Gasteiger partial charge in [0.05, 0.1) is 24.7 Å². The van der Waals surface area contributed by atoms with Gasteiger partial charge in [-0.2, -0.15) is 5.10 Å². The van der Waals surface area contributed by atoms with Crippen LogP contribution in [-0.4, -0.2) is 20.9 Å². The van der Waals surface area contributed by atoms with E-state index >= 15 is 0 Å². The number of fused-ring (bicyclic) bond motifs is 1. The van der Waals surface area contributed by atoms with E-state index in [2.05, 4.69) is 5.10 Å². The average Bonchev–Trinajstić information content (AvgIpc) is 3.19. The Balaban J connectivity index is 1.49. The van der Waals surface area contributed by atoms with E-state index in [1.165, 1.54) is 6.07 Å². The van der Waals surface area contributed by atoms with E-state index in [0.29, 0.717) is 17.9 Å². The number of aliphatic carboxylic acids is 1. The molecule has 3 aromatic carbocycles. The van der Waals surface area contributed by atoms with Gasteiger partial charge in [0.2, 0.25) is 0 Å². The number of hydrogen-bond donors (Lipinski definition) is 1. The van der Waals surface area contributed by atoms with Crippen LogP contribution in [0.25, 0.3) is 10.9 Å². The van der Waals surface area contributed by atoms with Gasteiger partial charge in [-0.3, -0.25) is 9.48 Å². The summed E-state index contributed by atoms with van der Waals surface area (Å²) < 4.78 is 22.3. The minimum atomic E-state index is -0.851. The molecule has 0 amide bonds. The van der Waals surface area contributed by atoms with Crippen molar-refractivity contribution in [2.75, 3.05) is 0 Å². The van der Waals surface area contributed by atoms with Crippen LogP contribution in [0, 0.1) is 5.82 Å². The molecule has 1 heterocycles. The van der Waals surface area contributed by atoms with Crippen molar-refractivity contribution in [2.45, 2.75) is 32.4 Å². The molecular formula is C27H25FN2O3. The fourth-order valence-corrected chi connectivity index (χ4v) is 3.82. The summed E-state index contributed by atoms with van der Waals surface area (Å²) in [5.74, 6) is -0.805. The summed E-state index contributed by atoms with van der Waals surface area (Å²) >= 11 is 0. The number of halogens is 1. The first-order valence-electron chi connectivity index (χ1n) is 10.8. The van der Waals surface area contributed by atoms with E-state index in [4.69, 9.17) is 9.84 Å². The zero-order valence-electron chi connectivity index (χ0n) is 18.3. The third-order valence-corrected chi connectivity index (χ3v) is 5.51. The lowest BCUT2D eigenvalue weighted by Gasteiger charge is -2.13. The van der Waals surface area contributed by atoms with Gasteiger partial charge in [0.15, 0.2) is 0 Å². The second-order valence-electron chi connectivity index (χ2n) is 7.88. The monoisotopic (exact) mass is 444 g/mol. The van der Waals surface area contributed by atoms with E-state index in [1.807, 2.05) is 66.2 Å². The minimum absolute atomic E-state index is 0.0203. The lowest BCUT2D eigenvalue weighted by Crippen LogP contribution is -2.05. The second-order valence-corrected chi connectivity index (χ2v) is 7.88. The largest absolute Gasteiger partial charge is 0.489 e. The molecule has 1 N–H and O–H groups in total. The molecule has 0 spiro atoms. The molecule has 1 aromatic heterocycles. The number of benzene rings is 3. The maximum absolute atomic E-state index is 14.7. The average molecular weight is 445 g/mol. The normalized spacial score (nSPS) is 12.3. The van der Waals surface area contributed by atoms with Crippen LogP contribution in [0.4, 0.5) is 4.39 Å². The number of ether oxygens (including phenoxy) is 1. The molecule has 0 bridgehead atoms. The van der Waals surface area contributed by atoms with E-state index in [1.54, 1.807) is 24.4 Å². The van der Waals surface area contributed by atoms with Crippen molar-refractivity contribution in [3.8, 4) is 5.75 Å². The molecule has 6 heteroatoms. The fraction of sp³-hybridized carbons (Fsp3) is 0.185. The zero-order chi connectivity index (χ0) is 23.2. The predicted octanol–water partition coefficient (Wildman–Crippen LogP) is 5.94. The zero-order valence-corrected chi connectivity index (χ0v) is 18.3. The summed E-state index contributed by atoms with van der Waals surface area (Å²) in [6, 6.07) is 20.5. The van der Waals surface area contributed by atoms with E-state index in [-0.39, 0.29) is 24.8 Å². The van der Waals surface area contributed by atoms with Gasteiger partial charge >= 0.3 is 5.97 Å². The number of rotatable bonds is 9. The van der Waals surface area contributed by atoms with Gasteiger partial charge in [-0.25, -0.2) is 4.39 Å². The number of aromatic nitrogens is 2. The van der Waals surface area contributed by atoms with Gasteiger partial charge in [-0.1, -0.05) is 54.6 Å². The summed E-state index contributed by atoms with van der Waals surface area (Å²) in [6.07, 6.45) is 5.40. The Bertz CT molecular complexity index is 1260. The first kappa shape index (κ1) is 22.3. The quantitative estimate of drug-likeness (QED) is 0.325. The summed E-state index contributed by atoms with van der Waals surface area (Å²) in [6.45, 7) is 2.54. The molecule has 0 aliphatic heterocycles. The third kappa shape index (κ3) is 5.47. The molecule has 5 nitrogen and oxygen atoms in total. The Morgan fingerprint density at radius 1 is 1.15 bits per heavy atom. The van der Waals surface area contributed by atoms with Gasteiger partial charge in [0.1, 0.15) is 18.2 Å². The van der Waals surface area contributed by atoms with Gasteiger partial charge in [-0.05, 0) is 42.3 Å². The Labute approximate surface area is 191 Å².